The van der Waals surface area contributed by atoms with Crippen LogP contribution >= 0.6 is 11.8 Å². The van der Waals surface area contributed by atoms with Gasteiger partial charge in [0.25, 0.3) is 0 Å². The Kier molecular flexibility index (Phi) is 5.19. The van der Waals surface area contributed by atoms with Gasteiger partial charge in [0.1, 0.15) is 6.07 Å². The summed E-state index contributed by atoms with van der Waals surface area (Å²) in [6.45, 7) is 8.09. The summed E-state index contributed by atoms with van der Waals surface area (Å²) in [5.41, 5.74) is 3.87. The van der Waals surface area contributed by atoms with E-state index >= 15 is 0 Å². The van der Waals surface area contributed by atoms with E-state index in [1.165, 1.54) is 11.8 Å². The van der Waals surface area contributed by atoms with Crippen molar-refractivity contribution in [1.29, 1.82) is 5.26 Å². The molecule has 0 bridgehead atoms. The van der Waals surface area contributed by atoms with Crippen molar-refractivity contribution >= 4 is 34.3 Å². The number of benzene rings is 1. The largest absolute Gasteiger partial charge is 0.353 e. The van der Waals surface area contributed by atoms with Crippen LogP contribution in [0.2, 0.25) is 0 Å². The quantitative estimate of drug-likeness (QED) is 0.695. The third-order valence-electron chi connectivity index (χ3n) is 4.59. The number of aromatic nitrogens is 2. The van der Waals surface area contributed by atoms with Crippen LogP contribution in [0.25, 0.3) is 16.7 Å². The molecule has 26 heavy (non-hydrogen) atoms. The van der Waals surface area contributed by atoms with Gasteiger partial charge in [-0.05, 0) is 43.5 Å². The Morgan fingerprint density at radius 1 is 1.35 bits per heavy atom. The number of fused-ring (bicyclic) bond motifs is 3. The monoisotopic (exact) mass is 366 g/mol. The molecule has 1 amide bonds. The van der Waals surface area contributed by atoms with Crippen molar-refractivity contribution in [1.82, 2.24) is 14.7 Å². The summed E-state index contributed by atoms with van der Waals surface area (Å²) < 4.78 is 1.98. The SMILES string of the molecule is Cc1cc(SCC(=O)N[C@@H](C)C(C)C)n2c(nc3ccccc32)c1C#N. The van der Waals surface area contributed by atoms with E-state index in [0.717, 1.165) is 21.6 Å². The maximum absolute atomic E-state index is 12.3. The lowest BCUT2D eigenvalue weighted by Gasteiger charge is -2.17. The number of carbonyl (C=O) groups excluding carboxylic acids is 1. The fraction of sp³-hybridized carbons (Fsp3) is 0.350. The Balaban J connectivity index is 1.98. The summed E-state index contributed by atoms with van der Waals surface area (Å²) in [7, 11) is 0. The fourth-order valence-corrected chi connectivity index (χ4v) is 3.70. The highest BCUT2D eigenvalue weighted by atomic mass is 32.2. The molecule has 6 heteroatoms. The second kappa shape index (κ2) is 7.38. The minimum absolute atomic E-state index is 0.00998. The van der Waals surface area contributed by atoms with Crippen molar-refractivity contribution < 1.29 is 4.79 Å². The van der Waals surface area contributed by atoms with Gasteiger partial charge in [-0.1, -0.05) is 37.7 Å². The minimum Gasteiger partial charge on any atom is -0.353 e. The van der Waals surface area contributed by atoms with Crippen LogP contribution in [0.15, 0.2) is 35.4 Å². The number of pyridine rings is 1. The van der Waals surface area contributed by atoms with E-state index < -0.39 is 0 Å². The van der Waals surface area contributed by atoms with Gasteiger partial charge in [-0.15, -0.1) is 0 Å². The van der Waals surface area contributed by atoms with Crippen LogP contribution in [-0.4, -0.2) is 27.1 Å². The van der Waals surface area contributed by atoms with Crippen LogP contribution in [-0.2, 0) is 4.79 Å². The molecule has 2 aromatic heterocycles. The van der Waals surface area contributed by atoms with E-state index in [0.29, 0.717) is 22.9 Å². The molecular weight excluding hydrogens is 344 g/mol. The van der Waals surface area contributed by atoms with Crippen LogP contribution in [0.3, 0.4) is 0 Å². The van der Waals surface area contributed by atoms with E-state index in [1.807, 2.05) is 48.6 Å². The molecular formula is C20H22N4OS. The molecule has 5 nitrogen and oxygen atoms in total. The van der Waals surface area contributed by atoms with Crippen LogP contribution < -0.4 is 5.32 Å². The topological polar surface area (TPSA) is 70.2 Å². The lowest BCUT2D eigenvalue weighted by atomic mass is 10.1. The molecule has 1 aromatic carbocycles. The van der Waals surface area contributed by atoms with Gasteiger partial charge >= 0.3 is 0 Å². The first kappa shape index (κ1) is 18.3. The van der Waals surface area contributed by atoms with Crippen molar-refractivity contribution in [3.63, 3.8) is 0 Å². The van der Waals surface area contributed by atoms with Crippen molar-refractivity contribution in [3.8, 4) is 6.07 Å². The zero-order valence-corrected chi connectivity index (χ0v) is 16.2. The molecule has 0 radical (unpaired) electrons. The number of rotatable bonds is 5. The molecule has 0 aliphatic heterocycles. The molecule has 0 unspecified atom stereocenters. The minimum atomic E-state index is 0.00998. The number of aryl methyl sites for hydroxylation is 1. The Morgan fingerprint density at radius 2 is 2.08 bits per heavy atom. The summed E-state index contributed by atoms with van der Waals surface area (Å²) in [4.78, 5) is 16.9. The summed E-state index contributed by atoms with van der Waals surface area (Å²) in [6, 6.07) is 12.2. The highest BCUT2D eigenvalue weighted by Gasteiger charge is 2.17. The van der Waals surface area contributed by atoms with Gasteiger partial charge in [0.05, 0.1) is 27.4 Å². The third-order valence-corrected chi connectivity index (χ3v) is 5.59. The first-order valence-corrected chi connectivity index (χ1v) is 9.64. The second-order valence-electron chi connectivity index (χ2n) is 6.80. The van der Waals surface area contributed by atoms with Crippen LogP contribution in [0.1, 0.15) is 31.9 Å². The lowest BCUT2D eigenvalue weighted by Crippen LogP contribution is -2.37. The number of para-hydroxylation sites is 2. The van der Waals surface area contributed by atoms with Crippen molar-refractivity contribution in [2.45, 2.75) is 38.8 Å². The average molecular weight is 366 g/mol. The first-order chi connectivity index (χ1) is 12.4. The van der Waals surface area contributed by atoms with Crippen molar-refractivity contribution in [2.24, 2.45) is 5.92 Å². The second-order valence-corrected chi connectivity index (χ2v) is 7.80. The van der Waals surface area contributed by atoms with E-state index in [-0.39, 0.29) is 11.9 Å². The highest BCUT2D eigenvalue weighted by Crippen LogP contribution is 2.29. The number of amides is 1. The molecule has 0 saturated carbocycles. The molecule has 3 aromatic rings. The number of thioether (sulfide) groups is 1. The predicted molar refractivity (Wildman–Crippen MR) is 105 cm³/mol. The average Bonchev–Trinajstić information content (AvgIpc) is 2.98. The van der Waals surface area contributed by atoms with Gasteiger partial charge in [0, 0.05) is 6.04 Å². The molecule has 0 fully saturated rings. The Labute approximate surface area is 157 Å². The number of nitrogens with one attached hydrogen (secondary N) is 1. The summed E-state index contributed by atoms with van der Waals surface area (Å²) in [5, 5.41) is 13.5. The van der Waals surface area contributed by atoms with E-state index in [4.69, 9.17) is 0 Å². The Morgan fingerprint density at radius 3 is 2.77 bits per heavy atom. The van der Waals surface area contributed by atoms with E-state index in [9.17, 15) is 10.1 Å². The van der Waals surface area contributed by atoms with Gasteiger partial charge in [-0.3, -0.25) is 9.20 Å². The molecule has 0 spiro atoms. The zero-order chi connectivity index (χ0) is 18.8. The zero-order valence-electron chi connectivity index (χ0n) is 15.4. The maximum Gasteiger partial charge on any atom is 0.230 e. The molecule has 134 valence electrons. The molecule has 0 aliphatic carbocycles. The molecule has 3 rings (SSSR count). The third kappa shape index (κ3) is 3.40. The summed E-state index contributed by atoms with van der Waals surface area (Å²) >= 11 is 1.47. The number of hydrogen-bond donors (Lipinski definition) is 1. The summed E-state index contributed by atoms with van der Waals surface area (Å²) in [6.07, 6.45) is 0. The molecule has 0 aliphatic rings. The van der Waals surface area contributed by atoms with Crippen molar-refractivity contribution in [2.75, 3.05) is 5.75 Å². The number of carbonyl (C=O) groups is 1. The van der Waals surface area contributed by atoms with Crippen LogP contribution in [0.4, 0.5) is 0 Å². The standard InChI is InChI=1S/C20H22N4OS/c1-12(2)14(4)22-18(25)11-26-19-9-13(3)15(10-21)20-23-16-7-5-6-8-17(16)24(19)20/h5-9,12,14H,11H2,1-4H3,(H,22,25)/t14-/m0/s1. The number of nitrogens with zero attached hydrogens (tertiary/aromatic N) is 3. The molecule has 2 heterocycles. The van der Waals surface area contributed by atoms with Crippen molar-refractivity contribution in [3.05, 3.63) is 41.5 Å². The molecule has 1 N–H and O–H groups in total. The van der Waals surface area contributed by atoms with Crippen LogP contribution in [0, 0.1) is 24.2 Å². The van der Waals surface area contributed by atoms with Gasteiger partial charge in [-0.2, -0.15) is 5.26 Å². The van der Waals surface area contributed by atoms with E-state index in [1.54, 1.807) is 0 Å². The van der Waals surface area contributed by atoms with Gasteiger partial charge < -0.3 is 5.32 Å². The van der Waals surface area contributed by atoms with Gasteiger partial charge in [0.15, 0.2) is 5.65 Å². The van der Waals surface area contributed by atoms with Gasteiger partial charge in [-0.25, -0.2) is 4.98 Å². The lowest BCUT2D eigenvalue weighted by molar-refractivity contribution is -0.119. The predicted octanol–water partition coefficient (Wildman–Crippen LogP) is 3.92. The maximum atomic E-state index is 12.3. The van der Waals surface area contributed by atoms with Gasteiger partial charge in [0.2, 0.25) is 5.91 Å². The summed E-state index contributed by atoms with van der Waals surface area (Å²) in [5.74, 6) is 0.727. The number of imidazole rings is 1. The van der Waals surface area contributed by atoms with E-state index in [2.05, 4.69) is 30.2 Å². The molecule has 1 atom stereocenters. The molecule has 0 saturated heterocycles. The highest BCUT2D eigenvalue weighted by molar-refractivity contribution is 7.99. The fourth-order valence-electron chi connectivity index (χ4n) is 2.76. The smallest absolute Gasteiger partial charge is 0.230 e. The number of nitriles is 1. The Hall–Kier alpha value is -2.52. The number of hydrogen-bond acceptors (Lipinski definition) is 4. The first-order valence-electron chi connectivity index (χ1n) is 8.65. The Bertz CT molecular complexity index is 1020. The van der Waals surface area contributed by atoms with Crippen LogP contribution in [0.5, 0.6) is 0 Å². The normalized spacial score (nSPS) is 12.5.